The van der Waals surface area contributed by atoms with Gasteiger partial charge in [-0.05, 0) is 42.0 Å². The van der Waals surface area contributed by atoms with Gasteiger partial charge >= 0.3 is 12.1 Å². The van der Waals surface area contributed by atoms with E-state index in [1.807, 2.05) is 24.3 Å². The molecule has 170 valence electrons. The van der Waals surface area contributed by atoms with Gasteiger partial charge in [0.2, 0.25) is 5.91 Å². The van der Waals surface area contributed by atoms with Crippen LogP contribution < -0.4 is 10.8 Å². The number of aliphatic carboxylic acids is 1. The van der Waals surface area contributed by atoms with Gasteiger partial charge < -0.3 is 15.2 Å². The van der Waals surface area contributed by atoms with Gasteiger partial charge in [0.05, 0.1) is 0 Å². The monoisotopic (exact) mass is 440 g/mol. The summed E-state index contributed by atoms with van der Waals surface area (Å²) in [5.74, 6) is -1.95. The molecule has 0 radical (unpaired) electrons. The van der Waals surface area contributed by atoms with Crippen LogP contribution in [-0.2, 0) is 19.2 Å². The third-order valence-electron chi connectivity index (χ3n) is 5.56. The van der Waals surface area contributed by atoms with Crippen molar-refractivity contribution in [1.29, 1.82) is 0 Å². The minimum absolute atomic E-state index is 0.00469. The van der Waals surface area contributed by atoms with E-state index in [0.29, 0.717) is 19.4 Å². The zero-order valence-corrected chi connectivity index (χ0v) is 18.2. The predicted octanol–water partition coefficient (Wildman–Crippen LogP) is 3.46. The fourth-order valence-electron chi connectivity index (χ4n) is 3.68. The summed E-state index contributed by atoms with van der Waals surface area (Å²) in [5, 5.41) is 11.5. The number of alkyl carbamates (subject to hydrolysis) is 1. The molecule has 1 aliphatic carbocycles. The van der Waals surface area contributed by atoms with Crippen LogP contribution in [0.25, 0.3) is 11.1 Å². The Morgan fingerprint density at radius 2 is 1.59 bits per heavy atom. The first-order valence-electron chi connectivity index (χ1n) is 10.7. The number of carbonyl (C=O) groups excluding carboxylic acids is 2. The molecule has 0 aliphatic heterocycles. The van der Waals surface area contributed by atoms with Gasteiger partial charge in [0, 0.05) is 18.4 Å². The molecule has 0 spiro atoms. The fraction of sp³-hybridized carbons (Fsp3) is 0.375. The molecular weight excluding hydrogens is 412 g/mol. The number of hydrogen-bond donors (Lipinski definition) is 3. The summed E-state index contributed by atoms with van der Waals surface area (Å²) in [4.78, 5) is 39.5. The average Bonchev–Trinajstić information content (AvgIpc) is 3.12. The zero-order valence-electron chi connectivity index (χ0n) is 18.2. The van der Waals surface area contributed by atoms with E-state index in [0.717, 1.165) is 11.1 Å². The third kappa shape index (κ3) is 5.64. The van der Waals surface area contributed by atoms with Crippen LogP contribution in [-0.4, -0.2) is 42.3 Å². The molecule has 0 aromatic heterocycles. The zero-order chi connectivity index (χ0) is 23.1. The van der Waals surface area contributed by atoms with Crippen molar-refractivity contribution in [3.63, 3.8) is 0 Å². The molecule has 0 fully saturated rings. The summed E-state index contributed by atoms with van der Waals surface area (Å²) >= 11 is 0. The summed E-state index contributed by atoms with van der Waals surface area (Å²) in [6.07, 6.45) is -0.558. The van der Waals surface area contributed by atoms with Crippen molar-refractivity contribution >= 4 is 18.0 Å². The Balaban J connectivity index is 1.39. The van der Waals surface area contributed by atoms with Crippen LogP contribution in [0, 0.1) is 5.92 Å². The summed E-state index contributed by atoms with van der Waals surface area (Å²) in [6.45, 7) is 3.64. The van der Waals surface area contributed by atoms with E-state index >= 15 is 0 Å². The van der Waals surface area contributed by atoms with Crippen LogP contribution in [0.2, 0.25) is 0 Å². The Kier molecular flexibility index (Phi) is 7.83. The molecule has 2 amide bonds. The Bertz CT molecular complexity index is 931. The molecule has 0 saturated carbocycles. The summed E-state index contributed by atoms with van der Waals surface area (Å²) < 4.78 is 5.48. The normalized spacial score (nSPS) is 14.1. The van der Waals surface area contributed by atoms with E-state index in [9.17, 15) is 14.4 Å². The Labute approximate surface area is 186 Å². The lowest BCUT2D eigenvalue weighted by atomic mass is 9.98. The number of hydrogen-bond acceptors (Lipinski definition) is 5. The van der Waals surface area contributed by atoms with E-state index in [1.54, 1.807) is 6.92 Å². The minimum Gasteiger partial charge on any atom is -0.479 e. The highest BCUT2D eigenvalue weighted by molar-refractivity contribution is 5.79. The van der Waals surface area contributed by atoms with Crippen LogP contribution in [0.4, 0.5) is 4.79 Å². The molecule has 8 nitrogen and oxygen atoms in total. The van der Waals surface area contributed by atoms with Gasteiger partial charge in [0.25, 0.3) is 0 Å². The van der Waals surface area contributed by atoms with E-state index in [1.165, 1.54) is 18.1 Å². The number of fused-ring (bicyclic) bond motifs is 3. The van der Waals surface area contributed by atoms with Crippen molar-refractivity contribution in [2.75, 3.05) is 13.2 Å². The largest absolute Gasteiger partial charge is 0.479 e. The van der Waals surface area contributed by atoms with Crippen molar-refractivity contribution in [3.8, 4) is 11.1 Å². The fourth-order valence-corrected chi connectivity index (χ4v) is 3.68. The van der Waals surface area contributed by atoms with Crippen LogP contribution in [0.15, 0.2) is 48.5 Å². The van der Waals surface area contributed by atoms with Crippen molar-refractivity contribution in [2.45, 2.75) is 38.7 Å². The maximum Gasteiger partial charge on any atom is 0.407 e. The smallest absolute Gasteiger partial charge is 0.407 e. The van der Waals surface area contributed by atoms with Gasteiger partial charge in [-0.3, -0.25) is 9.63 Å². The SMILES string of the molecule is CC(CCCNC(=O)OCC1c2ccccc2-c2ccccc21)C(=O)NOC(C)C(=O)O. The number of rotatable bonds is 10. The van der Waals surface area contributed by atoms with E-state index in [-0.39, 0.29) is 18.4 Å². The van der Waals surface area contributed by atoms with E-state index < -0.39 is 24.1 Å². The molecule has 3 rings (SSSR count). The summed E-state index contributed by atoms with van der Waals surface area (Å²) in [5.41, 5.74) is 6.80. The van der Waals surface area contributed by atoms with Crippen molar-refractivity contribution in [3.05, 3.63) is 59.7 Å². The van der Waals surface area contributed by atoms with Crippen LogP contribution in [0.3, 0.4) is 0 Å². The number of hydroxylamine groups is 1. The highest BCUT2D eigenvalue weighted by atomic mass is 16.7. The first-order chi connectivity index (χ1) is 15.4. The Morgan fingerprint density at radius 1 is 1.00 bits per heavy atom. The lowest BCUT2D eigenvalue weighted by Crippen LogP contribution is -2.35. The number of amides is 2. The lowest BCUT2D eigenvalue weighted by molar-refractivity contribution is -0.160. The maximum atomic E-state index is 12.2. The molecule has 0 heterocycles. The molecule has 2 atom stereocenters. The summed E-state index contributed by atoms with van der Waals surface area (Å²) in [6, 6.07) is 16.3. The molecule has 8 heteroatoms. The molecule has 2 aromatic rings. The minimum atomic E-state index is -1.16. The van der Waals surface area contributed by atoms with E-state index in [2.05, 4.69) is 35.1 Å². The quantitative estimate of drug-likeness (QED) is 0.385. The standard InChI is InChI=1S/C24H28N2O6/c1-15(22(27)26-32-16(2)23(28)29)8-7-13-25-24(30)31-14-21-19-11-5-3-9-17(19)18-10-4-6-12-20(18)21/h3-6,9-12,15-16,21H,7-8,13-14H2,1-2H3,(H,25,30)(H,26,27)(H,28,29). The highest BCUT2D eigenvalue weighted by Crippen LogP contribution is 2.44. The lowest BCUT2D eigenvalue weighted by Gasteiger charge is -2.15. The van der Waals surface area contributed by atoms with Crippen molar-refractivity contribution in [2.24, 2.45) is 5.92 Å². The molecule has 0 bridgehead atoms. The van der Waals surface area contributed by atoms with Gasteiger partial charge in [0.15, 0.2) is 6.10 Å². The van der Waals surface area contributed by atoms with Gasteiger partial charge in [-0.1, -0.05) is 55.5 Å². The second-order valence-corrected chi connectivity index (χ2v) is 7.86. The van der Waals surface area contributed by atoms with Gasteiger partial charge in [-0.25, -0.2) is 15.1 Å². The maximum absolute atomic E-state index is 12.2. The Hall–Kier alpha value is -3.39. The molecule has 2 aromatic carbocycles. The topological polar surface area (TPSA) is 114 Å². The predicted molar refractivity (Wildman–Crippen MR) is 118 cm³/mol. The average molecular weight is 440 g/mol. The number of nitrogens with one attached hydrogen (secondary N) is 2. The second kappa shape index (κ2) is 10.8. The molecule has 1 aliphatic rings. The molecular formula is C24H28N2O6. The molecule has 2 unspecified atom stereocenters. The van der Waals surface area contributed by atoms with E-state index in [4.69, 9.17) is 14.7 Å². The van der Waals surface area contributed by atoms with Gasteiger partial charge in [-0.2, -0.15) is 0 Å². The van der Waals surface area contributed by atoms with Gasteiger partial charge in [0.1, 0.15) is 6.61 Å². The number of benzene rings is 2. The van der Waals surface area contributed by atoms with Crippen LogP contribution in [0.1, 0.15) is 43.7 Å². The number of carboxylic acid groups (broad SMARTS) is 1. The Morgan fingerprint density at radius 3 is 2.19 bits per heavy atom. The number of ether oxygens (including phenoxy) is 1. The van der Waals surface area contributed by atoms with Crippen molar-refractivity contribution in [1.82, 2.24) is 10.8 Å². The third-order valence-corrected chi connectivity index (χ3v) is 5.56. The second-order valence-electron chi connectivity index (χ2n) is 7.86. The number of carboxylic acids is 1. The summed E-state index contributed by atoms with van der Waals surface area (Å²) in [7, 11) is 0. The molecule has 0 saturated heterocycles. The molecule has 32 heavy (non-hydrogen) atoms. The highest BCUT2D eigenvalue weighted by Gasteiger charge is 2.29. The van der Waals surface area contributed by atoms with Crippen LogP contribution in [0.5, 0.6) is 0 Å². The molecule has 3 N–H and O–H groups in total. The van der Waals surface area contributed by atoms with Crippen molar-refractivity contribution < 1.29 is 29.1 Å². The van der Waals surface area contributed by atoms with Crippen LogP contribution >= 0.6 is 0 Å². The first-order valence-corrected chi connectivity index (χ1v) is 10.7. The number of carbonyl (C=O) groups is 3. The van der Waals surface area contributed by atoms with Gasteiger partial charge in [-0.15, -0.1) is 0 Å². The first kappa shape index (κ1) is 23.3.